The van der Waals surface area contributed by atoms with Crippen LogP contribution in [0.2, 0.25) is 0 Å². The highest BCUT2D eigenvalue weighted by Crippen LogP contribution is 2.22. The Morgan fingerprint density at radius 3 is 2.96 bits per heavy atom. The lowest BCUT2D eigenvalue weighted by molar-refractivity contribution is -0.133. The van der Waals surface area contributed by atoms with E-state index in [1.54, 1.807) is 0 Å². The molecule has 0 bridgehead atoms. The number of hydrogen-bond acceptors (Lipinski definition) is 4. The summed E-state index contributed by atoms with van der Waals surface area (Å²) in [7, 11) is 0. The van der Waals surface area contributed by atoms with E-state index in [4.69, 9.17) is 4.74 Å². The van der Waals surface area contributed by atoms with Crippen molar-refractivity contribution in [2.45, 2.75) is 32.6 Å². The van der Waals surface area contributed by atoms with Crippen molar-refractivity contribution in [1.29, 1.82) is 0 Å². The van der Waals surface area contributed by atoms with E-state index >= 15 is 0 Å². The first-order valence-electron chi connectivity index (χ1n) is 8.79. The number of H-pyrrole nitrogens is 1. The van der Waals surface area contributed by atoms with Gasteiger partial charge in [-0.3, -0.25) is 14.8 Å². The summed E-state index contributed by atoms with van der Waals surface area (Å²) in [5.74, 6) is 0.859. The molecule has 6 heteroatoms. The van der Waals surface area contributed by atoms with E-state index in [9.17, 15) is 4.79 Å². The molecule has 3 heterocycles. The molecule has 0 aromatic carbocycles. The Kier molecular flexibility index (Phi) is 5.67. The number of aromatic nitrogens is 2. The van der Waals surface area contributed by atoms with E-state index < -0.39 is 0 Å². The van der Waals surface area contributed by atoms with Gasteiger partial charge in [0.05, 0.1) is 19.4 Å². The molecule has 23 heavy (non-hydrogen) atoms. The Morgan fingerprint density at radius 2 is 2.22 bits per heavy atom. The zero-order valence-corrected chi connectivity index (χ0v) is 14.1. The molecule has 1 N–H and O–H groups in total. The smallest absolute Gasteiger partial charge is 0.223 e. The minimum atomic E-state index is 0.308. The highest BCUT2D eigenvalue weighted by molar-refractivity contribution is 5.76. The number of hydrogen-bond donors (Lipinski definition) is 1. The van der Waals surface area contributed by atoms with Crippen LogP contribution in [0, 0.1) is 12.8 Å². The Hall–Kier alpha value is -1.40. The summed E-state index contributed by atoms with van der Waals surface area (Å²) < 4.78 is 5.35. The van der Waals surface area contributed by atoms with Crippen LogP contribution in [-0.2, 0) is 16.0 Å². The standard InChI is InChI=1S/C17H28N4O2/c1-14-12-18-19-16(14)11-15-3-2-5-21(13-15)17(22)4-6-20-7-9-23-10-8-20/h12,15H,2-11,13H2,1H3,(H,18,19). The molecule has 128 valence electrons. The van der Waals surface area contributed by atoms with Crippen LogP contribution in [-0.4, -0.2) is 71.8 Å². The van der Waals surface area contributed by atoms with Gasteiger partial charge < -0.3 is 9.64 Å². The maximum Gasteiger partial charge on any atom is 0.223 e. The Balaban J connectivity index is 1.45. The highest BCUT2D eigenvalue weighted by Gasteiger charge is 2.25. The van der Waals surface area contributed by atoms with E-state index in [0.717, 1.165) is 58.8 Å². The van der Waals surface area contributed by atoms with Crippen molar-refractivity contribution in [2.75, 3.05) is 45.9 Å². The first-order chi connectivity index (χ1) is 11.2. The van der Waals surface area contributed by atoms with Gasteiger partial charge in [0.15, 0.2) is 0 Å². The van der Waals surface area contributed by atoms with Crippen LogP contribution in [0.25, 0.3) is 0 Å². The van der Waals surface area contributed by atoms with Crippen LogP contribution in [0.5, 0.6) is 0 Å². The largest absolute Gasteiger partial charge is 0.379 e. The summed E-state index contributed by atoms with van der Waals surface area (Å²) in [6.45, 7) is 8.26. The van der Waals surface area contributed by atoms with Crippen molar-refractivity contribution in [3.8, 4) is 0 Å². The fourth-order valence-electron chi connectivity index (χ4n) is 3.56. The van der Waals surface area contributed by atoms with Gasteiger partial charge in [0.25, 0.3) is 0 Å². The highest BCUT2D eigenvalue weighted by atomic mass is 16.5. The van der Waals surface area contributed by atoms with Gasteiger partial charge in [0.1, 0.15) is 0 Å². The number of carbonyl (C=O) groups excluding carboxylic acids is 1. The number of nitrogens with zero attached hydrogens (tertiary/aromatic N) is 3. The number of amides is 1. The summed E-state index contributed by atoms with van der Waals surface area (Å²) in [6, 6.07) is 0. The molecule has 0 spiro atoms. The minimum absolute atomic E-state index is 0.308. The first-order valence-corrected chi connectivity index (χ1v) is 8.79. The van der Waals surface area contributed by atoms with Crippen LogP contribution in [0.4, 0.5) is 0 Å². The molecule has 0 aliphatic carbocycles. The number of carbonyl (C=O) groups is 1. The maximum absolute atomic E-state index is 12.5. The quantitative estimate of drug-likeness (QED) is 0.886. The zero-order valence-electron chi connectivity index (χ0n) is 14.1. The predicted octanol–water partition coefficient (Wildman–Crippen LogP) is 1.22. The van der Waals surface area contributed by atoms with E-state index in [2.05, 4.69) is 26.9 Å². The van der Waals surface area contributed by atoms with Crippen LogP contribution >= 0.6 is 0 Å². The van der Waals surface area contributed by atoms with Crippen molar-refractivity contribution in [3.05, 3.63) is 17.5 Å². The van der Waals surface area contributed by atoms with Gasteiger partial charge in [-0.15, -0.1) is 0 Å². The zero-order chi connectivity index (χ0) is 16.1. The molecule has 3 rings (SSSR count). The van der Waals surface area contributed by atoms with Crippen LogP contribution < -0.4 is 0 Å². The number of morpholine rings is 1. The minimum Gasteiger partial charge on any atom is -0.379 e. The lowest BCUT2D eigenvalue weighted by Gasteiger charge is -2.34. The average Bonchev–Trinajstić information content (AvgIpc) is 2.99. The Morgan fingerprint density at radius 1 is 1.39 bits per heavy atom. The molecule has 1 aromatic heterocycles. The molecule has 1 amide bonds. The molecule has 1 atom stereocenters. The van der Waals surface area contributed by atoms with E-state index in [1.807, 2.05) is 6.20 Å². The number of likely N-dealkylation sites (tertiary alicyclic amines) is 1. The molecular formula is C17H28N4O2. The van der Waals surface area contributed by atoms with Crippen molar-refractivity contribution in [3.63, 3.8) is 0 Å². The molecule has 0 radical (unpaired) electrons. The molecule has 2 aliphatic heterocycles. The van der Waals surface area contributed by atoms with Crippen molar-refractivity contribution in [1.82, 2.24) is 20.0 Å². The third-order valence-corrected chi connectivity index (χ3v) is 5.04. The molecule has 2 saturated heterocycles. The summed E-state index contributed by atoms with van der Waals surface area (Å²) in [5, 5.41) is 7.19. The monoisotopic (exact) mass is 320 g/mol. The second-order valence-electron chi connectivity index (χ2n) is 6.79. The number of aromatic amines is 1. The fraction of sp³-hybridized carbons (Fsp3) is 0.765. The van der Waals surface area contributed by atoms with Gasteiger partial charge in [-0.05, 0) is 37.7 Å². The van der Waals surface area contributed by atoms with Crippen LogP contribution in [0.1, 0.15) is 30.5 Å². The Labute approximate surface area is 138 Å². The second-order valence-corrected chi connectivity index (χ2v) is 6.79. The topological polar surface area (TPSA) is 61.5 Å². The average molecular weight is 320 g/mol. The fourth-order valence-corrected chi connectivity index (χ4v) is 3.56. The van der Waals surface area contributed by atoms with Gasteiger partial charge in [0.2, 0.25) is 5.91 Å². The molecule has 1 unspecified atom stereocenters. The molecule has 1 aromatic rings. The van der Waals surface area contributed by atoms with E-state index in [-0.39, 0.29) is 0 Å². The van der Waals surface area contributed by atoms with E-state index in [0.29, 0.717) is 18.2 Å². The van der Waals surface area contributed by atoms with Crippen molar-refractivity contribution >= 4 is 5.91 Å². The van der Waals surface area contributed by atoms with Crippen LogP contribution in [0.3, 0.4) is 0 Å². The van der Waals surface area contributed by atoms with Gasteiger partial charge in [0, 0.05) is 44.8 Å². The third kappa shape index (κ3) is 4.54. The number of piperidine rings is 1. The maximum atomic E-state index is 12.5. The number of nitrogens with one attached hydrogen (secondary N) is 1. The molecule has 2 fully saturated rings. The van der Waals surface area contributed by atoms with Crippen LogP contribution in [0.15, 0.2) is 6.20 Å². The van der Waals surface area contributed by atoms with Crippen molar-refractivity contribution in [2.24, 2.45) is 5.92 Å². The summed E-state index contributed by atoms with van der Waals surface area (Å²) >= 11 is 0. The second kappa shape index (κ2) is 7.93. The number of rotatable bonds is 5. The lowest BCUT2D eigenvalue weighted by Crippen LogP contribution is -2.43. The van der Waals surface area contributed by atoms with Crippen molar-refractivity contribution < 1.29 is 9.53 Å². The van der Waals surface area contributed by atoms with Gasteiger partial charge in [-0.2, -0.15) is 5.10 Å². The van der Waals surface area contributed by atoms with Gasteiger partial charge in [-0.1, -0.05) is 0 Å². The number of aryl methyl sites for hydroxylation is 1. The lowest BCUT2D eigenvalue weighted by atomic mass is 9.92. The molecular weight excluding hydrogens is 292 g/mol. The van der Waals surface area contributed by atoms with Gasteiger partial charge in [-0.25, -0.2) is 0 Å². The van der Waals surface area contributed by atoms with E-state index in [1.165, 1.54) is 17.7 Å². The summed E-state index contributed by atoms with van der Waals surface area (Å²) in [4.78, 5) is 16.9. The molecule has 0 saturated carbocycles. The normalized spacial score (nSPS) is 23.2. The predicted molar refractivity (Wildman–Crippen MR) is 88.2 cm³/mol. The summed E-state index contributed by atoms with van der Waals surface area (Å²) in [5.41, 5.74) is 2.44. The number of ether oxygens (including phenoxy) is 1. The Bertz CT molecular complexity index is 510. The SMILES string of the molecule is Cc1cn[nH]c1CC1CCCN(C(=O)CCN2CCOCC2)C1. The molecule has 2 aliphatic rings. The third-order valence-electron chi connectivity index (χ3n) is 5.04. The summed E-state index contributed by atoms with van der Waals surface area (Å²) in [6.07, 6.45) is 5.82. The van der Waals surface area contributed by atoms with Gasteiger partial charge >= 0.3 is 0 Å². The first kappa shape index (κ1) is 16.5. The molecule has 6 nitrogen and oxygen atoms in total.